The second-order valence-corrected chi connectivity index (χ2v) is 6.49. The number of esters is 1. The number of carbonyl (C=O) groups excluding carboxylic acids is 1. The zero-order valence-corrected chi connectivity index (χ0v) is 16.0. The molecule has 0 aromatic heterocycles. The van der Waals surface area contributed by atoms with Crippen molar-refractivity contribution in [2.24, 2.45) is 4.99 Å². The fraction of sp³-hybridized carbons (Fsp3) is 0.273. The number of aliphatic imine (C=N–C) groups is 1. The lowest BCUT2D eigenvalue weighted by Crippen LogP contribution is -2.15. The van der Waals surface area contributed by atoms with Crippen LogP contribution in [0.5, 0.6) is 0 Å². The van der Waals surface area contributed by atoms with E-state index in [-0.39, 0.29) is 12.6 Å². The molecule has 0 saturated heterocycles. The molecule has 26 heavy (non-hydrogen) atoms. The molecule has 0 saturated carbocycles. The van der Waals surface area contributed by atoms with Crippen LogP contribution in [0, 0.1) is 20.8 Å². The van der Waals surface area contributed by atoms with Crippen molar-refractivity contribution >= 4 is 18.0 Å². The number of benzene rings is 2. The number of carbonyl (C=O) groups is 1. The summed E-state index contributed by atoms with van der Waals surface area (Å²) in [6.45, 7) is 10.6. The SMILES string of the molecule is C=CCN(C)/C=N/c1cc(C)c(C(=O)OCc2ccc(C)cc2)cc1C. The molecule has 0 fully saturated rings. The van der Waals surface area contributed by atoms with Gasteiger partial charge in [-0.1, -0.05) is 35.9 Å². The van der Waals surface area contributed by atoms with Crippen LogP contribution in [-0.2, 0) is 11.3 Å². The Morgan fingerprint density at radius 1 is 1.15 bits per heavy atom. The molecule has 2 aromatic carbocycles. The second kappa shape index (κ2) is 8.99. The molecule has 0 atom stereocenters. The maximum Gasteiger partial charge on any atom is 0.338 e. The summed E-state index contributed by atoms with van der Waals surface area (Å²) in [5.74, 6) is -0.314. The van der Waals surface area contributed by atoms with Gasteiger partial charge in [-0.3, -0.25) is 0 Å². The fourth-order valence-corrected chi connectivity index (χ4v) is 2.48. The first-order valence-corrected chi connectivity index (χ1v) is 8.60. The van der Waals surface area contributed by atoms with Crippen LogP contribution in [0.4, 0.5) is 5.69 Å². The van der Waals surface area contributed by atoms with E-state index in [0.717, 1.165) is 28.9 Å². The summed E-state index contributed by atoms with van der Waals surface area (Å²) < 4.78 is 5.46. The molecule has 0 radical (unpaired) electrons. The lowest BCUT2D eigenvalue weighted by molar-refractivity contribution is 0.0472. The monoisotopic (exact) mass is 350 g/mol. The summed E-state index contributed by atoms with van der Waals surface area (Å²) >= 11 is 0. The van der Waals surface area contributed by atoms with Crippen LogP contribution in [0.15, 0.2) is 54.0 Å². The second-order valence-electron chi connectivity index (χ2n) is 6.49. The lowest BCUT2D eigenvalue weighted by atomic mass is 10.0. The molecular weight excluding hydrogens is 324 g/mol. The summed E-state index contributed by atoms with van der Waals surface area (Å²) in [5, 5.41) is 0. The standard InChI is InChI=1S/C22H26N2O2/c1-6-11-24(5)15-23-21-13-17(3)20(12-18(21)4)22(25)26-14-19-9-7-16(2)8-10-19/h6-10,12-13,15H,1,11,14H2,2-5H3/b23-15+. The molecule has 0 bridgehead atoms. The summed E-state index contributed by atoms with van der Waals surface area (Å²) in [6.07, 6.45) is 3.58. The van der Waals surface area contributed by atoms with Gasteiger partial charge in [-0.15, -0.1) is 6.58 Å². The average molecular weight is 350 g/mol. The van der Waals surface area contributed by atoms with Gasteiger partial charge in [0.2, 0.25) is 0 Å². The number of nitrogens with zero attached hydrogens (tertiary/aromatic N) is 2. The number of rotatable bonds is 7. The maximum absolute atomic E-state index is 12.4. The van der Waals surface area contributed by atoms with Gasteiger partial charge < -0.3 is 9.64 Å². The molecule has 0 heterocycles. The Balaban J connectivity index is 2.09. The van der Waals surface area contributed by atoms with Gasteiger partial charge in [0.25, 0.3) is 0 Å². The molecule has 4 heteroatoms. The van der Waals surface area contributed by atoms with Gasteiger partial charge in [-0.05, 0) is 49.6 Å². The van der Waals surface area contributed by atoms with E-state index in [9.17, 15) is 4.79 Å². The summed E-state index contributed by atoms with van der Waals surface area (Å²) in [7, 11) is 1.93. The van der Waals surface area contributed by atoms with E-state index in [0.29, 0.717) is 5.56 Å². The van der Waals surface area contributed by atoms with E-state index in [2.05, 4.69) is 11.6 Å². The van der Waals surface area contributed by atoms with E-state index in [1.54, 1.807) is 6.34 Å². The van der Waals surface area contributed by atoms with Crippen LogP contribution in [-0.4, -0.2) is 30.8 Å². The third-order valence-corrected chi connectivity index (χ3v) is 4.06. The predicted octanol–water partition coefficient (Wildman–Crippen LogP) is 4.75. The van der Waals surface area contributed by atoms with E-state index >= 15 is 0 Å². The van der Waals surface area contributed by atoms with Gasteiger partial charge in [0.1, 0.15) is 6.61 Å². The Morgan fingerprint density at radius 2 is 1.85 bits per heavy atom. The molecule has 0 spiro atoms. The van der Waals surface area contributed by atoms with Crippen LogP contribution in [0.2, 0.25) is 0 Å². The quantitative estimate of drug-likeness (QED) is 0.313. The molecular formula is C22H26N2O2. The normalized spacial score (nSPS) is 10.8. The van der Waals surface area contributed by atoms with Crippen LogP contribution in [0.25, 0.3) is 0 Å². The number of hydrogen-bond acceptors (Lipinski definition) is 3. The molecule has 4 nitrogen and oxygen atoms in total. The van der Waals surface area contributed by atoms with Crippen molar-refractivity contribution in [1.82, 2.24) is 4.90 Å². The third-order valence-electron chi connectivity index (χ3n) is 4.06. The Hall–Kier alpha value is -2.88. The molecule has 2 aromatic rings. The zero-order valence-electron chi connectivity index (χ0n) is 16.0. The summed E-state index contributed by atoms with van der Waals surface area (Å²) in [4.78, 5) is 18.9. The fourth-order valence-electron chi connectivity index (χ4n) is 2.48. The van der Waals surface area contributed by atoms with Crippen molar-refractivity contribution in [1.29, 1.82) is 0 Å². The van der Waals surface area contributed by atoms with Crippen LogP contribution < -0.4 is 0 Å². The van der Waals surface area contributed by atoms with E-state index in [4.69, 9.17) is 4.74 Å². The minimum Gasteiger partial charge on any atom is -0.457 e. The first-order valence-electron chi connectivity index (χ1n) is 8.60. The highest BCUT2D eigenvalue weighted by Gasteiger charge is 2.13. The number of aryl methyl sites for hydroxylation is 3. The minimum absolute atomic E-state index is 0.268. The summed E-state index contributed by atoms with van der Waals surface area (Å²) in [6, 6.07) is 11.7. The van der Waals surface area contributed by atoms with Crippen LogP contribution in [0.3, 0.4) is 0 Å². The average Bonchev–Trinajstić information content (AvgIpc) is 2.61. The molecule has 0 aliphatic carbocycles. The molecule has 0 aliphatic rings. The highest BCUT2D eigenvalue weighted by atomic mass is 16.5. The van der Waals surface area contributed by atoms with Gasteiger partial charge in [0.15, 0.2) is 0 Å². The van der Waals surface area contributed by atoms with Gasteiger partial charge >= 0.3 is 5.97 Å². The molecule has 0 unspecified atom stereocenters. The van der Waals surface area contributed by atoms with Crippen molar-refractivity contribution in [2.75, 3.05) is 13.6 Å². The topological polar surface area (TPSA) is 41.9 Å². The highest BCUT2D eigenvalue weighted by molar-refractivity contribution is 5.92. The maximum atomic E-state index is 12.4. The molecule has 136 valence electrons. The Kier molecular flexibility index (Phi) is 6.73. The first-order chi connectivity index (χ1) is 12.4. The van der Waals surface area contributed by atoms with Gasteiger partial charge in [0.05, 0.1) is 17.6 Å². The van der Waals surface area contributed by atoms with Crippen molar-refractivity contribution in [3.05, 3.63) is 76.9 Å². The molecule has 2 rings (SSSR count). The van der Waals surface area contributed by atoms with Gasteiger partial charge in [-0.25, -0.2) is 9.79 Å². The summed E-state index contributed by atoms with van der Waals surface area (Å²) in [5.41, 5.74) is 5.36. The van der Waals surface area contributed by atoms with Crippen molar-refractivity contribution in [3.63, 3.8) is 0 Å². The van der Waals surface area contributed by atoms with Crippen LogP contribution in [0.1, 0.15) is 32.6 Å². The Bertz CT molecular complexity index is 808. The highest BCUT2D eigenvalue weighted by Crippen LogP contribution is 2.24. The number of ether oxygens (including phenoxy) is 1. The Morgan fingerprint density at radius 3 is 2.50 bits per heavy atom. The van der Waals surface area contributed by atoms with E-state index in [1.165, 1.54) is 5.56 Å². The largest absolute Gasteiger partial charge is 0.457 e. The van der Waals surface area contributed by atoms with Crippen molar-refractivity contribution in [3.8, 4) is 0 Å². The Labute approximate surface area is 155 Å². The first kappa shape index (κ1) is 19.4. The van der Waals surface area contributed by atoms with Gasteiger partial charge in [0, 0.05) is 13.6 Å². The molecule has 0 N–H and O–H groups in total. The number of hydrogen-bond donors (Lipinski definition) is 0. The van der Waals surface area contributed by atoms with Gasteiger partial charge in [-0.2, -0.15) is 0 Å². The van der Waals surface area contributed by atoms with Crippen molar-refractivity contribution in [2.45, 2.75) is 27.4 Å². The number of likely N-dealkylation sites (N-methyl/N-ethyl adjacent to an activating group) is 1. The van der Waals surface area contributed by atoms with Crippen molar-refractivity contribution < 1.29 is 9.53 Å². The predicted molar refractivity (Wildman–Crippen MR) is 107 cm³/mol. The zero-order chi connectivity index (χ0) is 19.1. The minimum atomic E-state index is -0.314. The lowest BCUT2D eigenvalue weighted by Gasteiger charge is -2.12. The van der Waals surface area contributed by atoms with Crippen LogP contribution >= 0.6 is 0 Å². The third kappa shape index (κ3) is 5.31. The van der Waals surface area contributed by atoms with E-state index < -0.39 is 0 Å². The molecule has 0 aliphatic heterocycles. The molecule has 0 amide bonds. The smallest absolute Gasteiger partial charge is 0.338 e. The van der Waals surface area contributed by atoms with E-state index in [1.807, 2.05) is 75.2 Å².